The molecule has 8 amide bonds. The second kappa shape index (κ2) is 42.0. The number of fused-ring (bicyclic) bond motifs is 9. The number of azide groups is 1. The molecule has 17 atom stereocenters. The number of primary amides is 1. The van der Waals surface area contributed by atoms with Crippen LogP contribution >= 0.6 is 46.4 Å². The van der Waals surface area contributed by atoms with Crippen molar-refractivity contribution in [3.8, 4) is 62.9 Å². The molecule has 0 saturated carbocycles. The number of likely N-dealkylation sites (N-methyl/N-ethyl adjacent to an activating group) is 2. The van der Waals surface area contributed by atoms with Crippen LogP contribution in [0.3, 0.4) is 0 Å². The molecule has 11 rings (SSSR count). The fraction of sp³-hybridized carbons (Fsp3) is 0.398. The minimum Gasteiger partial charge on any atom is -0.508 e. The van der Waals surface area contributed by atoms with Gasteiger partial charge in [0.2, 0.25) is 59.3 Å². The summed E-state index contributed by atoms with van der Waals surface area (Å²) in [6.45, 7) is 8.59. The van der Waals surface area contributed by atoms with E-state index in [1.807, 2.05) is 13.8 Å². The van der Waals surface area contributed by atoms with Crippen LogP contribution in [0.5, 0.6) is 51.7 Å². The minimum absolute atomic E-state index is 0.0655. The predicted molar refractivity (Wildman–Crippen MR) is 451 cm³/mol. The van der Waals surface area contributed by atoms with Gasteiger partial charge < -0.3 is 133 Å². The van der Waals surface area contributed by atoms with Crippen molar-refractivity contribution in [2.24, 2.45) is 22.5 Å². The summed E-state index contributed by atoms with van der Waals surface area (Å²) in [4.78, 5) is 119. The molecule has 37 nitrogen and oxygen atoms in total. The molecular weight excluding hydrogens is 1700 g/mol. The number of anilines is 1. The van der Waals surface area contributed by atoms with E-state index >= 15 is 14.4 Å². The zero-order valence-electron chi connectivity index (χ0n) is 68.0. The maximum atomic E-state index is 16.3. The number of nitrogens with zero attached hydrogens (tertiary/aromatic N) is 3. The number of phenols is 3. The van der Waals surface area contributed by atoms with Crippen LogP contribution in [0.25, 0.3) is 21.6 Å². The number of carbonyl (C=O) groups is 8. The zero-order valence-corrected chi connectivity index (χ0v) is 71.0. The SMILES string of the molecule is CNC(=O)C(NC(=O)C1NC(=O)[C@H](CC(N)=O)NC(=O)C(NC(=O)C(CC(C)C)NC)C(O)c2ccc(c(Cl)c2)Oc2cc1cc(Oc1ccc(C(C)O)cc1Cl)c2OC1OC(CN=[N+]=[N-])C(O)C(O)C1OC1CC(C)(Nc2cccc(OCc3ccc(Cl)c(Cl)c3)c2)C(O)C(C)O1)c1ccc(O)c(-c2c(O)cc(O)cc2[C@H](NC(C)=O)C(=O)NCCN)c1. The molecule has 2 fully saturated rings. The molecule has 4 bridgehead atoms. The van der Waals surface area contributed by atoms with Crippen LogP contribution in [0, 0.1) is 5.92 Å². The monoisotopic (exact) mass is 1800 g/mol. The van der Waals surface area contributed by atoms with Crippen LogP contribution in [-0.4, -0.2) is 195 Å². The van der Waals surface area contributed by atoms with E-state index in [9.17, 15) is 70.4 Å². The number of aliphatic hydroxyl groups excluding tert-OH is 5. The lowest BCUT2D eigenvalue weighted by molar-refractivity contribution is -0.329. The normalized spacial score (nSPS) is 23.0. The van der Waals surface area contributed by atoms with Crippen molar-refractivity contribution < 1.29 is 112 Å². The molecule has 4 aliphatic heterocycles. The van der Waals surface area contributed by atoms with E-state index in [2.05, 4.69) is 57.9 Å². The van der Waals surface area contributed by atoms with Crippen molar-refractivity contribution >= 4 is 99.3 Å². The molecule has 4 heterocycles. The lowest BCUT2D eigenvalue weighted by Crippen LogP contribution is -2.64. The molecule has 21 N–H and O–H groups in total. The van der Waals surface area contributed by atoms with Crippen molar-refractivity contribution in [3.63, 3.8) is 0 Å². The summed E-state index contributed by atoms with van der Waals surface area (Å²) in [5.41, 5.74) is 19.2. The molecule has 41 heteroatoms. The summed E-state index contributed by atoms with van der Waals surface area (Å²) in [5.74, 6) is -13.2. The fourth-order valence-electron chi connectivity index (χ4n) is 14.3. The van der Waals surface area contributed by atoms with Gasteiger partial charge in [-0.15, -0.1) is 0 Å². The highest BCUT2D eigenvalue weighted by atomic mass is 35.5. The topological polar surface area (TPSA) is 572 Å². The molecule has 7 aromatic carbocycles. The van der Waals surface area contributed by atoms with Gasteiger partial charge in [-0.3, -0.25) is 38.4 Å². The average Bonchev–Trinajstić information content (AvgIpc) is 0.770. The Morgan fingerprint density at radius 2 is 1.50 bits per heavy atom. The van der Waals surface area contributed by atoms with Gasteiger partial charge >= 0.3 is 0 Å². The lowest BCUT2D eigenvalue weighted by atomic mass is 9.84. The van der Waals surface area contributed by atoms with Gasteiger partial charge in [0.05, 0.1) is 62.9 Å². The van der Waals surface area contributed by atoms with Crippen LogP contribution < -0.4 is 78.3 Å². The first kappa shape index (κ1) is 95.0. The first-order chi connectivity index (χ1) is 58.8. The quantitative estimate of drug-likeness (QED) is 0.0122. The van der Waals surface area contributed by atoms with Gasteiger partial charge in [-0.05, 0) is 158 Å². The molecule has 15 unspecified atom stereocenters. The predicted octanol–water partition coefficient (Wildman–Crippen LogP) is 6.73. The summed E-state index contributed by atoms with van der Waals surface area (Å²) < 4.78 is 46.0. The summed E-state index contributed by atoms with van der Waals surface area (Å²) in [7, 11) is 2.64. The summed E-state index contributed by atoms with van der Waals surface area (Å²) in [5, 5.41) is 122. The number of hydrogen-bond acceptors (Lipinski definition) is 27. The third-order valence-corrected chi connectivity index (χ3v) is 21.9. The maximum Gasteiger partial charge on any atom is 0.248 e. The number of aliphatic hydroxyl groups is 5. The van der Waals surface area contributed by atoms with Crippen molar-refractivity contribution in [1.82, 2.24) is 42.5 Å². The van der Waals surface area contributed by atoms with Gasteiger partial charge in [0.1, 0.15) is 95.7 Å². The van der Waals surface area contributed by atoms with E-state index in [-0.39, 0.29) is 87.8 Å². The largest absolute Gasteiger partial charge is 0.508 e. The Bertz CT molecular complexity index is 5170. The first-order valence-electron chi connectivity index (χ1n) is 39.0. The summed E-state index contributed by atoms with van der Waals surface area (Å²) >= 11 is 26.7. The van der Waals surface area contributed by atoms with Crippen LogP contribution in [0.2, 0.25) is 20.1 Å². The van der Waals surface area contributed by atoms with E-state index in [0.29, 0.717) is 27.0 Å². The Kier molecular flexibility index (Phi) is 32.2. The number of amides is 8. The Hall–Kier alpha value is -11.2. The number of halogens is 4. The number of rotatable bonds is 31. The minimum atomic E-state index is -2.34. The molecule has 0 aromatic heterocycles. The maximum absolute atomic E-state index is 16.3. The van der Waals surface area contributed by atoms with Crippen molar-refractivity contribution in [1.29, 1.82) is 0 Å². The number of benzene rings is 7. The second-order valence-corrected chi connectivity index (χ2v) is 32.0. The zero-order chi connectivity index (χ0) is 90.5. The van der Waals surface area contributed by atoms with E-state index in [1.165, 1.54) is 51.4 Å². The Labute approximate surface area is 730 Å². The van der Waals surface area contributed by atoms with E-state index < -0.39 is 209 Å². The summed E-state index contributed by atoms with van der Waals surface area (Å²) in [6, 6.07) is 15.4. The summed E-state index contributed by atoms with van der Waals surface area (Å²) in [6.07, 6.45) is -18.0. The van der Waals surface area contributed by atoms with Crippen molar-refractivity contribution in [2.75, 3.05) is 39.0 Å². The number of phenolic OH excluding ortho intramolecular Hbond substituents is 3. The first-order valence-corrected chi connectivity index (χ1v) is 40.5. The molecule has 0 spiro atoms. The average molecular weight is 1800 g/mol. The van der Waals surface area contributed by atoms with Crippen LogP contribution in [0.1, 0.15) is 125 Å². The van der Waals surface area contributed by atoms with Crippen molar-refractivity contribution in [3.05, 3.63) is 185 Å². The number of nitrogens with two attached hydrogens (primary N) is 2. The molecule has 4 aliphatic rings. The Balaban J connectivity index is 1.17. The highest BCUT2D eigenvalue weighted by Gasteiger charge is 2.52. The molecular formula is C83H96Cl4N14O23. The lowest BCUT2D eigenvalue weighted by Gasteiger charge is -2.48. The smallest absolute Gasteiger partial charge is 0.248 e. The number of hydrogen-bond donors (Lipinski definition) is 19. The number of aromatic hydroxyl groups is 3. The number of ether oxygens (including phenoxy) is 7. The van der Waals surface area contributed by atoms with Gasteiger partial charge in [-0.1, -0.05) is 95.7 Å². The fourth-order valence-corrected chi connectivity index (χ4v) is 15.1. The Morgan fingerprint density at radius 3 is 2.16 bits per heavy atom. The van der Waals surface area contributed by atoms with Gasteiger partial charge in [-0.2, -0.15) is 0 Å². The van der Waals surface area contributed by atoms with Crippen LogP contribution in [-0.2, 0) is 59.2 Å². The van der Waals surface area contributed by atoms with E-state index in [4.69, 9.17) is 91.0 Å². The molecule has 2 saturated heterocycles. The van der Waals surface area contributed by atoms with Gasteiger partial charge in [0.25, 0.3) is 0 Å². The van der Waals surface area contributed by atoms with Gasteiger partial charge in [-0.25, -0.2) is 0 Å². The molecule has 664 valence electrons. The van der Waals surface area contributed by atoms with Gasteiger partial charge in [0, 0.05) is 67.3 Å². The highest BCUT2D eigenvalue weighted by molar-refractivity contribution is 6.42. The second-order valence-electron chi connectivity index (χ2n) is 30.3. The number of carbonyl (C=O) groups excluding carboxylic acids is 8. The third-order valence-electron chi connectivity index (χ3n) is 20.5. The standard InChI is InChI=1S/C83H96Cl4N14O23/c1-36(2)22-54(91-7)76(112)99-69-70(108)43-15-19-59(53(87)26-43)121-61-28-44(67(97-77(113)55(32-63(89)107)96-81(69)117)80(116)98-66(78(114)92-8)42-13-17-56(105)48(24-42)65-49(30-46(104)31-57(65)106)68(95-39(5)103)79(115)93-21-20-88)27-60(120-58-18-14-41(37(3)102)25-52(58)86)73(61)124-82-74(72(110)71(109)62(122-82)34-94-101-90)123-64-33-83(6,75(111)38(4)119-64)100-45-10-9-11-47(29-45)118-35-40-12-16-50(84)51(85)23-40/h9-19,23-31,36-38,54-55,62,64,66-72,74-75,82,91,100,102,104-106,108-111H,20-22,32-35,88H2,1-8H3,(H2,89,107)(H,92,114)(H,93,115)(H,95,103)(H,96,117)(H,97,113)(H,98,116)(H,99,112)/t37?,38?,54?,55-,62?,64?,66?,67?,68-,69?,70?,71?,72?,74?,75?,82?,83?/m0/s1. The van der Waals surface area contributed by atoms with Crippen molar-refractivity contribution in [2.45, 2.75) is 171 Å². The van der Waals surface area contributed by atoms with Crippen LogP contribution in [0.15, 0.2) is 126 Å². The Morgan fingerprint density at radius 1 is 0.758 bits per heavy atom. The van der Waals surface area contributed by atoms with E-state index in [1.54, 1.807) is 56.3 Å². The van der Waals surface area contributed by atoms with E-state index in [0.717, 1.165) is 55.5 Å². The van der Waals surface area contributed by atoms with Gasteiger partial charge in [0.15, 0.2) is 23.9 Å². The van der Waals surface area contributed by atoms with Crippen LogP contribution in [0.4, 0.5) is 5.69 Å². The highest BCUT2D eigenvalue weighted by Crippen LogP contribution is 2.50. The molecule has 0 radical (unpaired) electrons. The molecule has 0 aliphatic carbocycles. The molecule has 7 aromatic rings. The third kappa shape index (κ3) is 23.2. The number of nitrogens with one attached hydrogen (secondary N) is 9. The molecule has 124 heavy (non-hydrogen) atoms.